The van der Waals surface area contributed by atoms with Crippen LogP contribution in [-0.2, 0) is 6.54 Å². The first-order chi connectivity index (χ1) is 13.1. The molecule has 3 rings (SSSR count). The number of hydrogen-bond donors (Lipinski definition) is 2. The van der Waals surface area contributed by atoms with E-state index in [-0.39, 0.29) is 5.56 Å². The summed E-state index contributed by atoms with van der Waals surface area (Å²) in [7, 11) is 0. The van der Waals surface area contributed by atoms with E-state index in [2.05, 4.69) is 15.3 Å². The summed E-state index contributed by atoms with van der Waals surface area (Å²) >= 11 is 0. The van der Waals surface area contributed by atoms with Gasteiger partial charge in [0.05, 0.1) is 5.69 Å². The Hall–Kier alpha value is -2.89. The second kappa shape index (κ2) is 8.66. The van der Waals surface area contributed by atoms with Crippen LogP contribution in [0.25, 0.3) is 5.57 Å². The van der Waals surface area contributed by atoms with Crippen LogP contribution >= 0.6 is 0 Å². The van der Waals surface area contributed by atoms with Crippen molar-refractivity contribution in [3.8, 4) is 0 Å². The van der Waals surface area contributed by atoms with Gasteiger partial charge in [-0.3, -0.25) is 9.79 Å². The third kappa shape index (κ3) is 4.64. The first kappa shape index (κ1) is 18.9. The van der Waals surface area contributed by atoms with Crippen LogP contribution in [0.15, 0.2) is 46.4 Å². The highest BCUT2D eigenvalue weighted by atomic mass is 16.1. The maximum absolute atomic E-state index is 11.8. The fourth-order valence-electron chi connectivity index (χ4n) is 3.07. The number of nitrogens with zero attached hydrogens (tertiary/aromatic N) is 3. The minimum absolute atomic E-state index is 0.0139. The van der Waals surface area contributed by atoms with Crippen LogP contribution in [0, 0.1) is 6.92 Å². The van der Waals surface area contributed by atoms with Gasteiger partial charge in [0.25, 0.3) is 5.56 Å². The zero-order valence-electron chi connectivity index (χ0n) is 16.0. The van der Waals surface area contributed by atoms with E-state index < -0.39 is 0 Å². The second-order valence-corrected chi connectivity index (χ2v) is 6.90. The molecule has 0 bridgehead atoms. The van der Waals surface area contributed by atoms with Crippen LogP contribution in [0.1, 0.15) is 43.9 Å². The molecule has 0 atom stereocenters. The van der Waals surface area contributed by atoms with E-state index in [0.717, 1.165) is 34.8 Å². The highest BCUT2D eigenvalue weighted by molar-refractivity contribution is 6.10. The Morgan fingerprint density at radius 2 is 2.19 bits per heavy atom. The maximum atomic E-state index is 11.8. The smallest absolute Gasteiger partial charge is 0.250 e. The maximum Gasteiger partial charge on any atom is 0.250 e. The Morgan fingerprint density at radius 3 is 2.81 bits per heavy atom. The highest BCUT2D eigenvalue weighted by Crippen LogP contribution is 2.24. The van der Waals surface area contributed by atoms with E-state index in [4.69, 9.17) is 5.73 Å². The summed E-state index contributed by atoms with van der Waals surface area (Å²) in [5, 5.41) is 3.46. The molecule has 1 aliphatic rings. The van der Waals surface area contributed by atoms with E-state index in [1.54, 1.807) is 29.1 Å². The molecule has 142 valence electrons. The van der Waals surface area contributed by atoms with Gasteiger partial charge in [0.1, 0.15) is 5.82 Å². The van der Waals surface area contributed by atoms with Gasteiger partial charge in [0.2, 0.25) is 0 Å². The van der Waals surface area contributed by atoms with Gasteiger partial charge in [-0.2, -0.15) is 0 Å². The van der Waals surface area contributed by atoms with Crippen LogP contribution < -0.4 is 16.6 Å². The second-order valence-electron chi connectivity index (χ2n) is 6.90. The molecule has 0 amide bonds. The van der Waals surface area contributed by atoms with Crippen LogP contribution in [0.3, 0.4) is 0 Å². The van der Waals surface area contributed by atoms with Crippen molar-refractivity contribution >= 4 is 23.3 Å². The first-order valence-electron chi connectivity index (χ1n) is 9.51. The molecule has 0 spiro atoms. The molecular weight excluding hydrogens is 338 g/mol. The van der Waals surface area contributed by atoms with Crippen molar-refractivity contribution < 1.29 is 0 Å². The number of rotatable bonds is 7. The zero-order chi connectivity index (χ0) is 19.2. The lowest BCUT2D eigenvalue weighted by Crippen LogP contribution is -2.27. The van der Waals surface area contributed by atoms with Crippen LogP contribution in [-0.4, -0.2) is 21.8 Å². The van der Waals surface area contributed by atoms with Crippen molar-refractivity contribution in [2.45, 2.75) is 52.1 Å². The van der Waals surface area contributed by atoms with Crippen molar-refractivity contribution in [2.24, 2.45) is 10.7 Å². The number of hydrogen-bond acceptors (Lipinski definition) is 5. The quantitative estimate of drug-likeness (QED) is 0.734. The number of nitrogens with one attached hydrogen (secondary N) is 1. The molecule has 2 heterocycles. The summed E-state index contributed by atoms with van der Waals surface area (Å²) in [6.07, 6.45) is 9.64. The summed E-state index contributed by atoms with van der Waals surface area (Å²) in [6, 6.07) is 7.82. The summed E-state index contributed by atoms with van der Waals surface area (Å²) in [6.45, 7) is 4.69. The summed E-state index contributed by atoms with van der Waals surface area (Å²) in [5.74, 6) is 0.904. The van der Waals surface area contributed by atoms with Crippen molar-refractivity contribution in [1.82, 2.24) is 9.55 Å². The lowest BCUT2D eigenvalue weighted by atomic mass is 9.93. The Balaban J connectivity index is 1.78. The van der Waals surface area contributed by atoms with E-state index in [1.165, 1.54) is 25.5 Å². The van der Waals surface area contributed by atoms with Crippen molar-refractivity contribution in [3.05, 3.63) is 58.3 Å². The van der Waals surface area contributed by atoms with Gasteiger partial charge in [-0.15, -0.1) is 0 Å². The van der Waals surface area contributed by atoms with E-state index in [9.17, 15) is 4.79 Å². The molecular formula is C21H27N5O. The van der Waals surface area contributed by atoms with E-state index in [1.807, 2.05) is 26.0 Å². The summed E-state index contributed by atoms with van der Waals surface area (Å²) < 4.78 is 1.67. The Kier molecular flexibility index (Phi) is 6.06. The third-order valence-electron chi connectivity index (χ3n) is 4.82. The third-order valence-corrected chi connectivity index (χ3v) is 4.82. The molecule has 6 nitrogen and oxygen atoms in total. The lowest BCUT2D eigenvalue weighted by Gasteiger charge is -2.27. The molecule has 2 aromatic heterocycles. The molecule has 6 heteroatoms. The molecule has 0 saturated heterocycles. The van der Waals surface area contributed by atoms with Crippen LogP contribution in [0.5, 0.6) is 0 Å². The number of aliphatic imine (C=N–C) groups is 1. The van der Waals surface area contributed by atoms with Crippen LogP contribution in [0.4, 0.5) is 11.5 Å². The van der Waals surface area contributed by atoms with Gasteiger partial charge in [-0.05, 0) is 50.8 Å². The number of aryl methyl sites for hydroxylation is 2. The average molecular weight is 365 g/mol. The molecule has 3 N–H and O–H groups in total. The molecule has 27 heavy (non-hydrogen) atoms. The zero-order valence-corrected chi connectivity index (χ0v) is 16.0. The fraction of sp³-hybridized carbons (Fsp3) is 0.381. The van der Waals surface area contributed by atoms with Crippen molar-refractivity contribution in [1.29, 1.82) is 0 Å². The molecule has 0 unspecified atom stereocenters. The number of nitrogens with two attached hydrogens (primary N) is 1. The fourth-order valence-corrected chi connectivity index (χ4v) is 3.07. The van der Waals surface area contributed by atoms with Crippen LogP contribution in [0.2, 0.25) is 0 Å². The van der Waals surface area contributed by atoms with Crippen molar-refractivity contribution in [2.75, 3.05) is 5.32 Å². The molecule has 1 saturated carbocycles. The van der Waals surface area contributed by atoms with Gasteiger partial charge in [0.15, 0.2) is 0 Å². The van der Waals surface area contributed by atoms with E-state index >= 15 is 0 Å². The minimum atomic E-state index is -0.0139. The first-order valence-corrected chi connectivity index (χ1v) is 9.51. The molecule has 0 radical (unpaired) electrons. The average Bonchev–Trinajstić information content (AvgIpc) is 2.62. The number of aromatic nitrogens is 2. The van der Waals surface area contributed by atoms with Crippen molar-refractivity contribution in [3.63, 3.8) is 0 Å². The lowest BCUT2D eigenvalue weighted by molar-refractivity contribution is 0.444. The predicted octanol–water partition coefficient (Wildman–Crippen LogP) is 3.63. The SMILES string of the molecule is CCCn1cc(N=CC(=CN)c2ccc(NC3CCC3)nc2C)ccc1=O. The van der Waals surface area contributed by atoms with Gasteiger partial charge in [0, 0.05) is 54.1 Å². The van der Waals surface area contributed by atoms with Gasteiger partial charge >= 0.3 is 0 Å². The highest BCUT2D eigenvalue weighted by Gasteiger charge is 2.17. The Morgan fingerprint density at radius 1 is 1.37 bits per heavy atom. The standard InChI is InChI=1S/C21H27N5O/c1-3-11-26-14-18(7-10-21(26)27)23-13-16(12-22)19-8-9-20(24-15(19)2)25-17-5-4-6-17/h7-10,12-14,17H,3-6,11,22H2,1-2H3,(H,24,25). The summed E-state index contributed by atoms with van der Waals surface area (Å²) in [4.78, 5) is 21.0. The molecule has 1 fully saturated rings. The largest absolute Gasteiger partial charge is 0.404 e. The number of anilines is 1. The molecule has 1 aliphatic carbocycles. The minimum Gasteiger partial charge on any atom is -0.404 e. The number of pyridine rings is 2. The molecule has 0 aliphatic heterocycles. The number of allylic oxidation sites excluding steroid dienone is 1. The Bertz CT molecular complexity index is 909. The summed E-state index contributed by atoms with van der Waals surface area (Å²) in [5.41, 5.74) is 9.18. The normalized spacial score (nSPS) is 15.1. The van der Waals surface area contributed by atoms with Gasteiger partial charge in [-0.1, -0.05) is 6.92 Å². The van der Waals surface area contributed by atoms with Gasteiger partial charge < -0.3 is 15.6 Å². The van der Waals surface area contributed by atoms with E-state index in [0.29, 0.717) is 12.6 Å². The topological polar surface area (TPSA) is 85.3 Å². The Labute approximate surface area is 159 Å². The molecule has 0 aromatic carbocycles. The van der Waals surface area contributed by atoms with Gasteiger partial charge in [-0.25, -0.2) is 4.98 Å². The predicted molar refractivity (Wildman–Crippen MR) is 112 cm³/mol. The molecule has 2 aromatic rings. The monoisotopic (exact) mass is 365 g/mol.